The first kappa shape index (κ1) is 7.15. The van der Waals surface area contributed by atoms with Crippen LogP contribution in [0, 0.1) is 6.92 Å². The van der Waals surface area contributed by atoms with Crippen molar-refractivity contribution in [3.8, 4) is 0 Å². The van der Waals surface area contributed by atoms with E-state index in [-0.39, 0.29) is 5.69 Å². The number of carbonyl (C=O) groups excluding carboxylic acids is 1. The van der Waals surface area contributed by atoms with Crippen LogP contribution in [0.5, 0.6) is 0 Å². The second-order valence-corrected chi connectivity index (χ2v) is 2.11. The molecular weight excluding hydrogens is 152 g/mol. The van der Waals surface area contributed by atoms with Crippen molar-refractivity contribution >= 4 is 16.8 Å². The quantitative estimate of drug-likeness (QED) is 0.573. The molecular formula is C6H5ClN2O. The predicted octanol–water partition coefficient (Wildman–Crippen LogP) is 1.16. The summed E-state index contributed by atoms with van der Waals surface area (Å²) < 4.78 is 0. The Balaban J connectivity index is 3.15. The molecule has 1 aromatic rings. The summed E-state index contributed by atoms with van der Waals surface area (Å²) in [6, 6.07) is 0. The zero-order chi connectivity index (χ0) is 7.56. The Labute approximate surface area is 63.1 Å². The molecule has 10 heavy (non-hydrogen) atoms. The summed E-state index contributed by atoms with van der Waals surface area (Å²) in [5.74, 6) is 0. The maximum Gasteiger partial charge on any atom is 0.272 e. The Hall–Kier alpha value is -0.960. The van der Waals surface area contributed by atoms with Crippen LogP contribution in [-0.4, -0.2) is 15.2 Å². The van der Waals surface area contributed by atoms with E-state index < -0.39 is 5.24 Å². The first-order valence-corrected chi connectivity index (χ1v) is 3.07. The molecule has 0 fully saturated rings. The van der Waals surface area contributed by atoms with Gasteiger partial charge in [-0.05, 0) is 18.5 Å². The van der Waals surface area contributed by atoms with Crippen LogP contribution in [0.25, 0.3) is 0 Å². The van der Waals surface area contributed by atoms with E-state index in [1.807, 2.05) is 0 Å². The van der Waals surface area contributed by atoms with Crippen LogP contribution in [0.1, 0.15) is 16.2 Å². The summed E-state index contributed by atoms with van der Waals surface area (Å²) in [6.07, 6.45) is 2.95. The van der Waals surface area contributed by atoms with Gasteiger partial charge in [-0.2, -0.15) is 0 Å². The van der Waals surface area contributed by atoms with Gasteiger partial charge in [0.15, 0.2) is 0 Å². The number of halogens is 1. The van der Waals surface area contributed by atoms with Crippen molar-refractivity contribution in [2.24, 2.45) is 0 Å². The SMILES string of the molecule is Cc1nccnc1C(=O)Cl. The lowest BCUT2D eigenvalue weighted by Crippen LogP contribution is -1.98. The monoisotopic (exact) mass is 156 g/mol. The fraction of sp³-hybridized carbons (Fsp3) is 0.167. The van der Waals surface area contributed by atoms with E-state index in [0.717, 1.165) is 0 Å². The fourth-order valence-electron chi connectivity index (χ4n) is 0.601. The van der Waals surface area contributed by atoms with Crippen LogP contribution in [-0.2, 0) is 0 Å². The van der Waals surface area contributed by atoms with Crippen LogP contribution < -0.4 is 0 Å². The lowest BCUT2D eigenvalue weighted by molar-refractivity contribution is 0.107. The molecule has 52 valence electrons. The van der Waals surface area contributed by atoms with Gasteiger partial charge in [-0.25, -0.2) is 4.98 Å². The molecule has 0 aliphatic heterocycles. The van der Waals surface area contributed by atoms with Gasteiger partial charge in [0.1, 0.15) is 5.69 Å². The summed E-state index contributed by atoms with van der Waals surface area (Å²) in [5.41, 5.74) is 0.784. The highest BCUT2D eigenvalue weighted by Gasteiger charge is 2.05. The third kappa shape index (κ3) is 1.30. The Morgan fingerprint density at radius 1 is 1.50 bits per heavy atom. The van der Waals surface area contributed by atoms with Crippen molar-refractivity contribution in [3.63, 3.8) is 0 Å². The summed E-state index contributed by atoms with van der Waals surface area (Å²) >= 11 is 5.17. The molecule has 1 rings (SSSR count). The van der Waals surface area contributed by atoms with Crippen LogP contribution in [0.3, 0.4) is 0 Å². The van der Waals surface area contributed by atoms with Gasteiger partial charge in [-0.15, -0.1) is 0 Å². The van der Waals surface area contributed by atoms with Crippen LogP contribution >= 0.6 is 11.6 Å². The van der Waals surface area contributed by atoms with Crippen LogP contribution in [0.4, 0.5) is 0 Å². The van der Waals surface area contributed by atoms with E-state index in [4.69, 9.17) is 11.6 Å². The molecule has 0 saturated heterocycles. The fourth-order valence-corrected chi connectivity index (χ4v) is 0.786. The van der Waals surface area contributed by atoms with Crippen molar-refractivity contribution in [3.05, 3.63) is 23.8 Å². The molecule has 1 aromatic heterocycles. The molecule has 0 radical (unpaired) electrons. The second-order valence-electron chi connectivity index (χ2n) is 1.76. The smallest absolute Gasteiger partial charge is 0.272 e. The van der Waals surface area contributed by atoms with Gasteiger partial charge in [0.05, 0.1) is 5.69 Å². The molecule has 1 heterocycles. The highest BCUT2D eigenvalue weighted by molar-refractivity contribution is 6.67. The molecule has 0 saturated carbocycles. The van der Waals surface area contributed by atoms with Crippen molar-refractivity contribution in [1.82, 2.24) is 9.97 Å². The highest BCUT2D eigenvalue weighted by atomic mass is 35.5. The standard InChI is InChI=1S/C6H5ClN2O/c1-4-5(6(7)10)9-3-2-8-4/h2-3H,1H3. The number of hydrogen-bond donors (Lipinski definition) is 0. The number of aryl methyl sites for hydroxylation is 1. The number of aromatic nitrogens is 2. The highest BCUT2D eigenvalue weighted by Crippen LogP contribution is 2.02. The number of rotatable bonds is 1. The Morgan fingerprint density at radius 3 is 2.50 bits per heavy atom. The zero-order valence-corrected chi connectivity index (χ0v) is 6.09. The van der Waals surface area contributed by atoms with Crippen molar-refractivity contribution in [2.75, 3.05) is 0 Å². The van der Waals surface area contributed by atoms with E-state index in [1.54, 1.807) is 6.92 Å². The van der Waals surface area contributed by atoms with E-state index >= 15 is 0 Å². The third-order valence-corrected chi connectivity index (χ3v) is 1.25. The second kappa shape index (κ2) is 2.75. The molecule has 4 heteroatoms. The topological polar surface area (TPSA) is 42.9 Å². The molecule has 0 aromatic carbocycles. The summed E-state index contributed by atoms with van der Waals surface area (Å²) in [7, 11) is 0. The zero-order valence-electron chi connectivity index (χ0n) is 5.34. The van der Waals surface area contributed by atoms with E-state index in [0.29, 0.717) is 5.69 Å². The third-order valence-electron chi connectivity index (χ3n) is 1.07. The van der Waals surface area contributed by atoms with Crippen LogP contribution in [0.2, 0.25) is 0 Å². The lowest BCUT2D eigenvalue weighted by atomic mass is 10.3. The molecule has 0 N–H and O–H groups in total. The average Bonchev–Trinajstić information content (AvgIpc) is 1.88. The molecule has 0 amide bonds. The first-order valence-electron chi connectivity index (χ1n) is 2.69. The van der Waals surface area contributed by atoms with Gasteiger partial charge in [0.2, 0.25) is 0 Å². The average molecular weight is 157 g/mol. The molecule has 0 bridgehead atoms. The summed E-state index contributed by atoms with van der Waals surface area (Å²) in [4.78, 5) is 18.1. The normalized spacial score (nSPS) is 9.40. The maximum atomic E-state index is 10.5. The minimum absolute atomic E-state index is 0.226. The summed E-state index contributed by atoms with van der Waals surface area (Å²) in [6.45, 7) is 1.68. The van der Waals surface area contributed by atoms with Gasteiger partial charge in [-0.3, -0.25) is 9.78 Å². The first-order chi connectivity index (χ1) is 4.72. The van der Waals surface area contributed by atoms with Gasteiger partial charge in [0, 0.05) is 12.4 Å². The van der Waals surface area contributed by atoms with Gasteiger partial charge >= 0.3 is 0 Å². The largest absolute Gasteiger partial charge is 0.274 e. The minimum Gasteiger partial charge on any atom is -0.274 e. The molecule has 0 aliphatic carbocycles. The predicted molar refractivity (Wildman–Crippen MR) is 37.0 cm³/mol. The Kier molecular flexibility index (Phi) is 1.97. The Bertz CT molecular complexity index is 262. The molecule has 0 aliphatic rings. The van der Waals surface area contributed by atoms with Crippen molar-refractivity contribution in [2.45, 2.75) is 6.92 Å². The number of hydrogen-bond acceptors (Lipinski definition) is 3. The molecule has 0 unspecified atom stereocenters. The number of carbonyl (C=O) groups is 1. The molecule has 3 nitrogen and oxygen atoms in total. The Morgan fingerprint density at radius 2 is 2.10 bits per heavy atom. The van der Waals surface area contributed by atoms with E-state index in [9.17, 15) is 4.79 Å². The van der Waals surface area contributed by atoms with Gasteiger partial charge in [0.25, 0.3) is 5.24 Å². The van der Waals surface area contributed by atoms with Gasteiger partial charge in [-0.1, -0.05) is 0 Å². The maximum absolute atomic E-state index is 10.5. The minimum atomic E-state index is -0.564. The molecule has 0 spiro atoms. The van der Waals surface area contributed by atoms with Crippen molar-refractivity contribution < 1.29 is 4.79 Å². The van der Waals surface area contributed by atoms with Gasteiger partial charge < -0.3 is 0 Å². The van der Waals surface area contributed by atoms with Crippen LogP contribution in [0.15, 0.2) is 12.4 Å². The molecule has 0 atom stereocenters. The lowest BCUT2D eigenvalue weighted by Gasteiger charge is -1.93. The van der Waals surface area contributed by atoms with E-state index in [1.165, 1.54) is 12.4 Å². The van der Waals surface area contributed by atoms with E-state index in [2.05, 4.69) is 9.97 Å². The number of nitrogens with zero attached hydrogens (tertiary/aromatic N) is 2. The summed E-state index contributed by atoms with van der Waals surface area (Å²) in [5, 5.41) is -0.564. The van der Waals surface area contributed by atoms with Crippen molar-refractivity contribution in [1.29, 1.82) is 0 Å².